The van der Waals surface area contributed by atoms with Crippen LogP contribution < -0.4 is 10.2 Å². The minimum atomic E-state index is -0.207. The van der Waals surface area contributed by atoms with Crippen LogP contribution in [0.5, 0.6) is 0 Å². The van der Waals surface area contributed by atoms with Gasteiger partial charge in [0.05, 0.1) is 23.9 Å². The van der Waals surface area contributed by atoms with Crippen molar-refractivity contribution in [3.05, 3.63) is 29.8 Å². The van der Waals surface area contributed by atoms with Crippen LogP contribution in [0.2, 0.25) is 0 Å². The quantitative estimate of drug-likeness (QED) is 0.830. The number of nitrogens with one attached hydrogen (secondary N) is 1. The van der Waals surface area contributed by atoms with Crippen LogP contribution in [0.1, 0.15) is 36.0 Å². The molecule has 0 aliphatic carbocycles. The number of hydrogen-bond donors (Lipinski definition) is 1. The summed E-state index contributed by atoms with van der Waals surface area (Å²) in [6.07, 6.45) is 3.12. The van der Waals surface area contributed by atoms with Gasteiger partial charge in [-0.1, -0.05) is 18.6 Å². The molecule has 0 spiro atoms. The van der Waals surface area contributed by atoms with Crippen molar-refractivity contribution in [3.63, 3.8) is 0 Å². The number of rotatable bonds is 5. The lowest BCUT2D eigenvalue weighted by molar-refractivity contribution is -0.117. The molecule has 5 nitrogen and oxygen atoms in total. The largest absolute Gasteiger partial charge is 0.343 e. The summed E-state index contributed by atoms with van der Waals surface area (Å²) in [5, 5.41) is 11.1. The van der Waals surface area contributed by atoms with E-state index in [9.17, 15) is 9.59 Å². The summed E-state index contributed by atoms with van der Waals surface area (Å²) in [5.41, 5.74) is 1.21. The van der Waals surface area contributed by atoms with Gasteiger partial charge in [-0.2, -0.15) is 5.26 Å². The molecule has 2 amide bonds. The van der Waals surface area contributed by atoms with Crippen molar-refractivity contribution >= 4 is 17.5 Å². The third-order valence-electron chi connectivity index (χ3n) is 3.31. The van der Waals surface area contributed by atoms with Gasteiger partial charge < -0.3 is 10.2 Å². The van der Waals surface area contributed by atoms with Crippen LogP contribution >= 0.6 is 0 Å². The fourth-order valence-corrected chi connectivity index (χ4v) is 2.28. The Hall–Kier alpha value is -2.35. The van der Waals surface area contributed by atoms with Crippen LogP contribution in [0.25, 0.3) is 0 Å². The Bertz CT molecular complexity index is 548. The lowest BCUT2D eigenvalue weighted by Crippen LogP contribution is -2.37. The summed E-state index contributed by atoms with van der Waals surface area (Å²) in [6.45, 7) is 0.613. The minimum Gasteiger partial charge on any atom is -0.343 e. The van der Waals surface area contributed by atoms with Crippen molar-refractivity contribution in [1.29, 1.82) is 5.26 Å². The van der Waals surface area contributed by atoms with Gasteiger partial charge >= 0.3 is 0 Å². The molecule has 1 aliphatic heterocycles. The summed E-state index contributed by atoms with van der Waals surface area (Å²) in [4.78, 5) is 25.7. The van der Waals surface area contributed by atoms with Crippen LogP contribution in [0, 0.1) is 11.3 Å². The first-order chi connectivity index (χ1) is 9.74. The number of amides is 2. The van der Waals surface area contributed by atoms with Crippen LogP contribution in [0.3, 0.4) is 0 Å². The topological polar surface area (TPSA) is 73.2 Å². The molecule has 0 saturated heterocycles. The van der Waals surface area contributed by atoms with Gasteiger partial charge in [-0.05, 0) is 25.0 Å². The van der Waals surface area contributed by atoms with Crippen LogP contribution in [-0.2, 0) is 4.79 Å². The zero-order valence-electron chi connectivity index (χ0n) is 11.3. The van der Waals surface area contributed by atoms with Crippen LogP contribution in [0.15, 0.2) is 24.3 Å². The third-order valence-corrected chi connectivity index (χ3v) is 3.31. The molecule has 1 N–H and O–H groups in total. The Morgan fingerprint density at radius 2 is 2.00 bits per heavy atom. The second kappa shape index (κ2) is 6.71. The number of anilines is 1. The average molecular weight is 271 g/mol. The molecule has 0 unspecified atom stereocenters. The predicted molar refractivity (Wildman–Crippen MR) is 75.2 cm³/mol. The van der Waals surface area contributed by atoms with Gasteiger partial charge in [0.15, 0.2) is 0 Å². The molecule has 5 heteroatoms. The summed E-state index contributed by atoms with van der Waals surface area (Å²) >= 11 is 0. The molecule has 0 saturated carbocycles. The molecular weight excluding hydrogens is 254 g/mol. The number of hydrogen-bond acceptors (Lipinski definition) is 3. The van der Waals surface area contributed by atoms with Crippen molar-refractivity contribution in [2.45, 2.75) is 25.7 Å². The fourth-order valence-electron chi connectivity index (χ4n) is 2.28. The van der Waals surface area contributed by atoms with E-state index in [4.69, 9.17) is 5.26 Å². The molecule has 0 bridgehead atoms. The smallest absolute Gasteiger partial charge is 0.253 e. The zero-order valence-corrected chi connectivity index (χ0v) is 11.3. The van der Waals surface area contributed by atoms with E-state index in [2.05, 4.69) is 11.4 Å². The molecule has 104 valence electrons. The summed E-state index contributed by atoms with van der Waals surface area (Å²) in [5.74, 6) is -0.301. The van der Waals surface area contributed by atoms with E-state index in [1.54, 1.807) is 23.1 Å². The maximum atomic E-state index is 12.1. The number of benzene rings is 1. The second-order valence-electron chi connectivity index (χ2n) is 4.71. The molecule has 1 aromatic carbocycles. The Morgan fingerprint density at radius 1 is 1.20 bits per heavy atom. The number of carbonyl (C=O) groups excluding carboxylic acids is 2. The van der Waals surface area contributed by atoms with Gasteiger partial charge in [0.2, 0.25) is 5.91 Å². The summed E-state index contributed by atoms with van der Waals surface area (Å²) in [6, 6.07) is 9.26. The van der Waals surface area contributed by atoms with E-state index in [1.165, 1.54) is 0 Å². The summed E-state index contributed by atoms with van der Waals surface area (Å²) < 4.78 is 0. The van der Waals surface area contributed by atoms with Gasteiger partial charge in [-0.25, -0.2) is 0 Å². The molecule has 2 rings (SSSR count). The number of carbonyl (C=O) groups is 2. The maximum Gasteiger partial charge on any atom is 0.253 e. The predicted octanol–water partition coefficient (Wildman–Crippen LogP) is 1.85. The fraction of sp³-hybridized carbons (Fsp3) is 0.400. The van der Waals surface area contributed by atoms with Gasteiger partial charge in [-0.3, -0.25) is 9.59 Å². The Morgan fingerprint density at radius 3 is 2.80 bits per heavy atom. The molecule has 0 radical (unpaired) electrons. The minimum absolute atomic E-state index is 0.0334. The highest BCUT2D eigenvalue weighted by Crippen LogP contribution is 2.23. The van der Waals surface area contributed by atoms with Crippen molar-refractivity contribution in [2.75, 3.05) is 18.0 Å². The zero-order chi connectivity index (χ0) is 14.4. The lowest BCUT2D eigenvalue weighted by Gasteiger charge is -2.21. The molecule has 1 heterocycles. The summed E-state index contributed by atoms with van der Waals surface area (Å²) in [7, 11) is 0. The number of fused-ring (bicyclic) bond motifs is 1. The lowest BCUT2D eigenvalue weighted by atomic mass is 10.1. The molecule has 0 fully saturated rings. The Labute approximate surface area is 118 Å². The number of unbranched alkanes of at least 4 members (excludes halogenated alkanes) is 3. The molecule has 1 aromatic rings. The van der Waals surface area contributed by atoms with Crippen molar-refractivity contribution < 1.29 is 9.59 Å². The van der Waals surface area contributed by atoms with E-state index in [0.29, 0.717) is 24.2 Å². The standard InChI is InChI=1S/C15H17N3O2/c16-9-5-1-2-6-10-18-13-8-4-3-7-12(13)15(20)17-11-14(18)19/h3-4,7-8H,1-2,5-6,10-11H2,(H,17,20). The normalized spacial score (nSPS) is 14.2. The first-order valence-electron chi connectivity index (χ1n) is 6.78. The average Bonchev–Trinajstić information content (AvgIpc) is 2.59. The van der Waals surface area contributed by atoms with Gasteiger partial charge in [0.25, 0.3) is 5.91 Å². The number of nitriles is 1. The SMILES string of the molecule is N#CCCCCCN1C(=O)CNC(=O)c2ccccc21. The molecular formula is C15H17N3O2. The van der Waals surface area contributed by atoms with E-state index in [-0.39, 0.29) is 18.4 Å². The molecule has 0 aromatic heterocycles. The molecule has 0 atom stereocenters. The maximum absolute atomic E-state index is 12.1. The Balaban J connectivity index is 2.10. The highest BCUT2D eigenvalue weighted by atomic mass is 16.2. The first-order valence-corrected chi connectivity index (χ1v) is 6.78. The second-order valence-corrected chi connectivity index (χ2v) is 4.71. The Kier molecular flexibility index (Phi) is 4.72. The monoisotopic (exact) mass is 271 g/mol. The van der Waals surface area contributed by atoms with E-state index < -0.39 is 0 Å². The first kappa shape index (κ1) is 14.1. The van der Waals surface area contributed by atoms with Crippen molar-refractivity contribution in [2.24, 2.45) is 0 Å². The van der Waals surface area contributed by atoms with Gasteiger partial charge in [0, 0.05) is 13.0 Å². The molecule has 1 aliphatic rings. The van der Waals surface area contributed by atoms with Crippen molar-refractivity contribution in [3.8, 4) is 6.07 Å². The van der Waals surface area contributed by atoms with Crippen LogP contribution in [-0.4, -0.2) is 24.9 Å². The van der Waals surface area contributed by atoms with E-state index in [0.717, 1.165) is 19.3 Å². The van der Waals surface area contributed by atoms with E-state index in [1.807, 2.05) is 6.07 Å². The van der Waals surface area contributed by atoms with E-state index >= 15 is 0 Å². The molecule has 20 heavy (non-hydrogen) atoms. The van der Waals surface area contributed by atoms with Crippen LogP contribution in [0.4, 0.5) is 5.69 Å². The van der Waals surface area contributed by atoms with Gasteiger partial charge in [-0.15, -0.1) is 0 Å². The number of nitrogens with zero attached hydrogens (tertiary/aromatic N) is 2. The van der Waals surface area contributed by atoms with Gasteiger partial charge in [0.1, 0.15) is 0 Å². The highest BCUT2D eigenvalue weighted by Gasteiger charge is 2.25. The highest BCUT2D eigenvalue weighted by molar-refractivity contribution is 6.09. The van der Waals surface area contributed by atoms with Crippen molar-refractivity contribution in [1.82, 2.24) is 5.32 Å². The number of para-hydroxylation sites is 1. The third kappa shape index (κ3) is 3.15.